The molecule has 1 atom stereocenters. The molecule has 0 bridgehead atoms. The Morgan fingerprint density at radius 2 is 2.19 bits per heavy atom. The lowest BCUT2D eigenvalue weighted by molar-refractivity contribution is 0.0938. The van der Waals surface area contributed by atoms with Crippen molar-refractivity contribution >= 4 is 5.91 Å². The number of amides is 1. The average molecular weight is 221 g/mol. The molecular weight excluding hydrogens is 202 g/mol. The summed E-state index contributed by atoms with van der Waals surface area (Å²) in [5.41, 5.74) is 1.28. The van der Waals surface area contributed by atoms with Crippen LogP contribution in [-0.2, 0) is 0 Å². The van der Waals surface area contributed by atoms with Crippen LogP contribution in [0.3, 0.4) is 0 Å². The summed E-state index contributed by atoms with van der Waals surface area (Å²) in [6.07, 6.45) is 2.00. The van der Waals surface area contributed by atoms with Crippen LogP contribution in [-0.4, -0.2) is 17.1 Å². The van der Waals surface area contributed by atoms with Crippen LogP contribution >= 0.6 is 0 Å². The van der Waals surface area contributed by atoms with E-state index in [9.17, 15) is 9.90 Å². The van der Waals surface area contributed by atoms with Gasteiger partial charge in [-0.2, -0.15) is 0 Å². The Morgan fingerprint density at radius 1 is 1.50 bits per heavy atom. The lowest BCUT2D eigenvalue weighted by atomic mass is 10.1. The molecule has 1 amide bonds. The molecule has 0 saturated heterocycles. The van der Waals surface area contributed by atoms with Crippen molar-refractivity contribution < 1.29 is 9.90 Å². The van der Waals surface area contributed by atoms with Gasteiger partial charge in [0.2, 0.25) is 0 Å². The number of phenols is 1. The van der Waals surface area contributed by atoms with Gasteiger partial charge >= 0.3 is 0 Å². The highest BCUT2D eigenvalue weighted by molar-refractivity contribution is 5.94. The van der Waals surface area contributed by atoms with Gasteiger partial charge in [0.05, 0.1) is 0 Å². The lowest BCUT2D eigenvalue weighted by Crippen LogP contribution is -2.32. The third-order valence-corrected chi connectivity index (χ3v) is 2.57. The summed E-state index contributed by atoms with van der Waals surface area (Å²) in [7, 11) is 0. The Labute approximate surface area is 96.5 Å². The minimum absolute atomic E-state index is 0.128. The molecule has 3 heteroatoms. The summed E-state index contributed by atoms with van der Waals surface area (Å²) in [5.74, 6) is 0.0343. The van der Waals surface area contributed by atoms with Crippen molar-refractivity contribution in [1.82, 2.24) is 5.32 Å². The molecule has 88 valence electrons. The number of carbonyl (C=O) groups is 1. The second-order valence-electron chi connectivity index (χ2n) is 4.16. The maximum atomic E-state index is 11.8. The number of aryl methyl sites for hydroxylation is 1. The van der Waals surface area contributed by atoms with E-state index in [1.165, 1.54) is 6.07 Å². The van der Waals surface area contributed by atoms with Crippen LogP contribution in [0.4, 0.5) is 0 Å². The average Bonchev–Trinajstić information content (AvgIpc) is 2.22. The zero-order valence-electron chi connectivity index (χ0n) is 10.1. The predicted molar refractivity (Wildman–Crippen MR) is 64.7 cm³/mol. The van der Waals surface area contributed by atoms with Crippen molar-refractivity contribution in [3.8, 4) is 5.75 Å². The van der Waals surface area contributed by atoms with Crippen LogP contribution in [0.25, 0.3) is 0 Å². The molecule has 1 aromatic carbocycles. The first-order chi connectivity index (χ1) is 7.54. The number of hydrogen-bond acceptors (Lipinski definition) is 2. The number of nitrogens with one attached hydrogen (secondary N) is 1. The minimum atomic E-state index is -0.128. The summed E-state index contributed by atoms with van der Waals surface area (Å²) in [4.78, 5) is 11.8. The molecule has 16 heavy (non-hydrogen) atoms. The topological polar surface area (TPSA) is 49.3 Å². The first kappa shape index (κ1) is 12.6. The van der Waals surface area contributed by atoms with Crippen molar-refractivity contribution in [2.45, 2.75) is 39.7 Å². The van der Waals surface area contributed by atoms with E-state index in [-0.39, 0.29) is 17.7 Å². The fourth-order valence-electron chi connectivity index (χ4n) is 1.56. The summed E-state index contributed by atoms with van der Waals surface area (Å²) in [5, 5.41) is 12.4. The van der Waals surface area contributed by atoms with Gasteiger partial charge in [-0.3, -0.25) is 4.79 Å². The molecule has 0 aromatic heterocycles. The minimum Gasteiger partial charge on any atom is -0.508 e. The molecular formula is C13H19NO2. The summed E-state index contributed by atoms with van der Waals surface area (Å²) in [6.45, 7) is 5.87. The molecule has 0 aliphatic carbocycles. The predicted octanol–water partition coefficient (Wildman–Crippen LogP) is 2.62. The van der Waals surface area contributed by atoms with Gasteiger partial charge in [0.15, 0.2) is 0 Å². The molecule has 0 fully saturated rings. The van der Waals surface area contributed by atoms with E-state index in [2.05, 4.69) is 12.2 Å². The van der Waals surface area contributed by atoms with E-state index in [0.29, 0.717) is 5.56 Å². The maximum Gasteiger partial charge on any atom is 0.251 e. The Morgan fingerprint density at radius 3 is 2.75 bits per heavy atom. The van der Waals surface area contributed by atoms with E-state index >= 15 is 0 Å². The molecule has 0 spiro atoms. The van der Waals surface area contributed by atoms with Gasteiger partial charge in [-0.05, 0) is 38.0 Å². The monoisotopic (exact) mass is 221 g/mol. The molecule has 0 saturated carbocycles. The van der Waals surface area contributed by atoms with E-state index in [1.807, 2.05) is 6.92 Å². The largest absolute Gasteiger partial charge is 0.508 e. The highest BCUT2D eigenvalue weighted by Gasteiger charge is 2.10. The van der Waals surface area contributed by atoms with Gasteiger partial charge in [0.25, 0.3) is 5.91 Å². The van der Waals surface area contributed by atoms with Crippen molar-refractivity contribution in [3.05, 3.63) is 29.3 Å². The molecule has 1 rings (SSSR count). The normalized spacial score (nSPS) is 12.2. The molecule has 1 aromatic rings. The number of benzene rings is 1. The van der Waals surface area contributed by atoms with Crippen molar-refractivity contribution in [2.24, 2.45) is 0 Å². The number of aromatic hydroxyl groups is 1. The molecule has 0 aliphatic heterocycles. The second-order valence-corrected chi connectivity index (χ2v) is 4.16. The Kier molecular flexibility index (Phi) is 4.35. The van der Waals surface area contributed by atoms with Crippen molar-refractivity contribution in [1.29, 1.82) is 0 Å². The third kappa shape index (κ3) is 3.26. The van der Waals surface area contributed by atoms with Crippen LogP contribution in [0.15, 0.2) is 18.2 Å². The van der Waals surface area contributed by atoms with Crippen molar-refractivity contribution in [2.75, 3.05) is 0 Å². The Hall–Kier alpha value is -1.51. The number of rotatable bonds is 4. The fourth-order valence-corrected chi connectivity index (χ4v) is 1.56. The number of phenolic OH excluding ortho intramolecular Hbond substituents is 1. The lowest BCUT2D eigenvalue weighted by Gasteiger charge is -2.13. The summed E-state index contributed by atoms with van der Waals surface area (Å²) in [6, 6.07) is 5.14. The third-order valence-electron chi connectivity index (χ3n) is 2.57. The molecule has 3 nitrogen and oxygen atoms in total. The highest BCUT2D eigenvalue weighted by atomic mass is 16.3. The van der Waals surface area contributed by atoms with Crippen LogP contribution in [0, 0.1) is 6.92 Å². The highest BCUT2D eigenvalue weighted by Crippen LogP contribution is 2.17. The van der Waals surface area contributed by atoms with Gasteiger partial charge in [-0.25, -0.2) is 0 Å². The van der Waals surface area contributed by atoms with Gasteiger partial charge in [0, 0.05) is 11.6 Å². The standard InChI is InChI=1S/C13H19NO2/c1-4-5-10(3)14-13(16)11-7-6-9(2)12(15)8-11/h6-8,10,15H,4-5H2,1-3H3,(H,14,16). The second kappa shape index (κ2) is 5.54. The van der Waals surface area contributed by atoms with Crippen LogP contribution in [0.5, 0.6) is 5.75 Å². The van der Waals surface area contributed by atoms with Gasteiger partial charge in [-0.1, -0.05) is 19.4 Å². The molecule has 0 aliphatic rings. The zero-order chi connectivity index (χ0) is 12.1. The van der Waals surface area contributed by atoms with E-state index in [0.717, 1.165) is 18.4 Å². The SMILES string of the molecule is CCCC(C)NC(=O)c1ccc(C)c(O)c1. The van der Waals surface area contributed by atoms with E-state index < -0.39 is 0 Å². The smallest absolute Gasteiger partial charge is 0.251 e. The molecule has 2 N–H and O–H groups in total. The maximum absolute atomic E-state index is 11.8. The first-order valence-electron chi connectivity index (χ1n) is 5.65. The number of carbonyl (C=O) groups excluding carboxylic acids is 1. The van der Waals surface area contributed by atoms with Gasteiger partial charge in [0.1, 0.15) is 5.75 Å². The van der Waals surface area contributed by atoms with E-state index in [4.69, 9.17) is 0 Å². The molecule has 1 unspecified atom stereocenters. The van der Waals surface area contributed by atoms with Crippen LogP contribution in [0.2, 0.25) is 0 Å². The first-order valence-corrected chi connectivity index (χ1v) is 5.65. The quantitative estimate of drug-likeness (QED) is 0.821. The zero-order valence-corrected chi connectivity index (χ0v) is 10.1. The van der Waals surface area contributed by atoms with Gasteiger partial charge in [-0.15, -0.1) is 0 Å². The van der Waals surface area contributed by atoms with Gasteiger partial charge < -0.3 is 10.4 Å². The van der Waals surface area contributed by atoms with E-state index in [1.54, 1.807) is 19.1 Å². The van der Waals surface area contributed by atoms with Crippen LogP contribution in [0.1, 0.15) is 42.6 Å². The molecule has 0 heterocycles. The Balaban J connectivity index is 2.69. The fraction of sp³-hybridized carbons (Fsp3) is 0.462. The number of hydrogen-bond donors (Lipinski definition) is 2. The summed E-state index contributed by atoms with van der Waals surface area (Å²) < 4.78 is 0. The van der Waals surface area contributed by atoms with Crippen LogP contribution < -0.4 is 5.32 Å². The Bertz CT molecular complexity index is 374. The summed E-state index contributed by atoms with van der Waals surface area (Å²) >= 11 is 0. The van der Waals surface area contributed by atoms with Crippen molar-refractivity contribution in [3.63, 3.8) is 0 Å². The molecule has 0 radical (unpaired) electrons.